The van der Waals surface area contributed by atoms with Gasteiger partial charge in [-0.25, -0.2) is 0 Å². The van der Waals surface area contributed by atoms with Crippen molar-refractivity contribution in [3.05, 3.63) is 0 Å². The number of carbonyl (C=O) groups excluding carboxylic acids is 1. The fourth-order valence-corrected chi connectivity index (χ4v) is 1.59. The fourth-order valence-electron chi connectivity index (χ4n) is 0.383. The molecule has 0 aromatic carbocycles. The van der Waals surface area contributed by atoms with Gasteiger partial charge < -0.3 is 5.11 Å². The van der Waals surface area contributed by atoms with Crippen LogP contribution in [-0.2, 0) is 9.59 Å². The van der Waals surface area contributed by atoms with Crippen molar-refractivity contribution in [2.45, 2.75) is 17.9 Å². The van der Waals surface area contributed by atoms with Crippen molar-refractivity contribution < 1.29 is 14.7 Å². The average Bonchev–Trinajstić information content (AvgIpc) is 1.58. The third kappa shape index (κ3) is 5.97. The summed E-state index contributed by atoms with van der Waals surface area (Å²) < 4.78 is -0.421. The molecule has 0 aromatic heterocycles. The summed E-state index contributed by atoms with van der Waals surface area (Å²) in [5.41, 5.74) is 0. The van der Waals surface area contributed by atoms with Crippen LogP contribution in [-0.4, -0.2) is 20.8 Å². The molecule has 0 aliphatic rings. The molecule has 0 aromatic rings. The largest absolute Gasteiger partial charge is 0.481 e. The molecule has 0 spiro atoms. The van der Waals surface area contributed by atoms with Crippen LogP contribution in [0.5, 0.6) is 0 Å². The molecular formula is C5H8O3S2. The SMILES string of the molecule is CC(=O)SC(S)CC(=O)O. The van der Waals surface area contributed by atoms with E-state index < -0.39 is 10.6 Å². The first-order valence-electron chi connectivity index (χ1n) is 2.59. The summed E-state index contributed by atoms with van der Waals surface area (Å²) in [6, 6.07) is 0. The van der Waals surface area contributed by atoms with Gasteiger partial charge in [0.2, 0.25) is 0 Å². The first-order valence-corrected chi connectivity index (χ1v) is 3.99. The highest BCUT2D eigenvalue weighted by atomic mass is 32.2. The lowest BCUT2D eigenvalue weighted by Crippen LogP contribution is -2.04. The lowest BCUT2D eigenvalue weighted by atomic mass is 10.5. The molecule has 0 aliphatic carbocycles. The second-order valence-electron chi connectivity index (χ2n) is 1.66. The Kier molecular flexibility index (Phi) is 4.55. The predicted molar refractivity (Wildman–Crippen MR) is 43.3 cm³/mol. The maximum absolute atomic E-state index is 10.4. The van der Waals surface area contributed by atoms with E-state index in [9.17, 15) is 9.59 Å². The van der Waals surface area contributed by atoms with Crippen LogP contribution >= 0.6 is 24.4 Å². The van der Waals surface area contributed by atoms with Crippen molar-refractivity contribution in [2.75, 3.05) is 0 Å². The van der Waals surface area contributed by atoms with Crippen molar-refractivity contribution >= 4 is 35.5 Å². The zero-order valence-electron chi connectivity index (χ0n) is 5.40. The highest BCUT2D eigenvalue weighted by Crippen LogP contribution is 2.18. The van der Waals surface area contributed by atoms with Crippen LogP contribution in [0, 0.1) is 0 Å². The van der Waals surface area contributed by atoms with Gasteiger partial charge in [0.1, 0.15) is 0 Å². The van der Waals surface area contributed by atoms with Gasteiger partial charge in [0, 0.05) is 6.92 Å². The zero-order chi connectivity index (χ0) is 8.15. The Bertz CT molecular complexity index is 130. The molecule has 0 saturated carbocycles. The average molecular weight is 180 g/mol. The Labute approximate surface area is 68.6 Å². The standard InChI is InChI=1S/C5H8O3S2/c1-3(6)10-5(9)2-4(7)8/h5,9H,2H2,1H3,(H,7,8). The Morgan fingerprint density at radius 1 is 1.70 bits per heavy atom. The minimum absolute atomic E-state index is 0.0899. The summed E-state index contributed by atoms with van der Waals surface area (Å²) in [5, 5.41) is 8.11. The normalized spacial score (nSPS) is 12.6. The first-order chi connectivity index (χ1) is 4.52. The minimum Gasteiger partial charge on any atom is -0.481 e. The van der Waals surface area contributed by atoms with Crippen molar-refractivity contribution in [3.63, 3.8) is 0 Å². The molecule has 0 rings (SSSR count). The molecule has 0 bridgehead atoms. The van der Waals surface area contributed by atoms with Crippen molar-refractivity contribution in [1.29, 1.82) is 0 Å². The topological polar surface area (TPSA) is 54.4 Å². The third-order valence-corrected chi connectivity index (χ3v) is 1.92. The Morgan fingerprint density at radius 3 is 2.50 bits per heavy atom. The molecule has 5 heteroatoms. The molecule has 1 unspecified atom stereocenters. The number of hydrogen-bond acceptors (Lipinski definition) is 4. The van der Waals surface area contributed by atoms with Gasteiger partial charge in [-0.1, -0.05) is 11.8 Å². The van der Waals surface area contributed by atoms with Crippen molar-refractivity contribution in [3.8, 4) is 0 Å². The van der Waals surface area contributed by atoms with Gasteiger partial charge in [-0.15, -0.1) is 0 Å². The molecule has 0 heterocycles. The van der Waals surface area contributed by atoms with E-state index in [-0.39, 0.29) is 11.5 Å². The van der Waals surface area contributed by atoms with Crippen LogP contribution in [0.15, 0.2) is 0 Å². The monoisotopic (exact) mass is 180 g/mol. The molecule has 0 radical (unpaired) electrons. The molecule has 0 amide bonds. The molecule has 1 N–H and O–H groups in total. The second kappa shape index (κ2) is 4.62. The van der Waals surface area contributed by atoms with E-state index in [4.69, 9.17) is 5.11 Å². The van der Waals surface area contributed by atoms with Crippen LogP contribution in [0.2, 0.25) is 0 Å². The van der Waals surface area contributed by atoms with Crippen LogP contribution in [0.4, 0.5) is 0 Å². The summed E-state index contributed by atoms with van der Waals surface area (Å²) in [4.78, 5) is 20.4. The van der Waals surface area contributed by atoms with Gasteiger partial charge in [0.15, 0.2) is 5.12 Å². The van der Waals surface area contributed by atoms with E-state index in [1.807, 2.05) is 0 Å². The smallest absolute Gasteiger partial charge is 0.305 e. The first kappa shape index (κ1) is 9.84. The second-order valence-corrected chi connectivity index (χ2v) is 4.01. The van der Waals surface area contributed by atoms with Crippen LogP contribution in [0.25, 0.3) is 0 Å². The lowest BCUT2D eigenvalue weighted by Gasteiger charge is -2.02. The number of carboxylic acids is 1. The summed E-state index contributed by atoms with van der Waals surface area (Å²) in [6.45, 7) is 1.38. The van der Waals surface area contributed by atoms with Gasteiger partial charge in [-0.3, -0.25) is 9.59 Å². The van der Waals surface area contributed by atoms with Gasteiger partial charge in [0.25, 0.3) is 0 Å². The molecule has 0 saturated heterocycles. The van der Waals surface area contributed by atoms with Gasteiger partial charge in [-0.2, -0.15) is 12.6 Å². The molecule has 58 valence electrons. The summed E-state index contributed by atoms with van der Waals surface area (Å²) >= 11 is 4.80. The maximum Gasteiger partial charge on any atom is 0.305 e. The summed E-state index contributed by atoms with van der Waals surface area (Å²) in [7, 11) is 0. The number of thiol groups is 1. The van der Waals surface area contributed by atoms with Crippen LogP contribution in [0.3, 0.4) is 0 Å². The van der Waals surface area contributed by atoms with Gasteiger partial charge >= 0.3 is 5.97 Å². The molecule has 3 nitrogen and oxygen atoms in total. The molecular weight excluding hydrogens is 172 g/mol. The summed E-state index contributed by atoms with van der Waals surface area (Å²) in [6.07, 6.45) is -0.0899. The highest BCUT2D eigenvalue weighted by molar-refractivity contribution is 8.20. The van der Waals surface area contributed by atoms with Crippen LogP contribution < -0.4 is 0 Å². The predicted octanol–water partition coefficient (Wildman–Crippen LogP) is 0.997. The van der Waals surface area contributed by atoms with Crippen LogP contribution in [0.1, 0.15) is 13.3 Å². The van der Waals surface area contributed by atoms with E-state index in [0.717, 1.165) is 11.8 Å². The van der Waals surface area contributed by atoms with E-state index in [2.05, 4.69) is 12.6 Å². The zero-order valence-corrected chi connectivity index (χ0v) is 7.11. The van der Waals surface area contributed by atoms with E-state index in [1.54, 1.807) is 0 Å². The number of carbonyl (C=O) groups is 2. The number of aliphatic carboxylic acids is 1. The molecule has 0 aliphatic heterocycles. The highest BCUT2D eigenvalue weighted by Gasteiger charge is 2.10. The minimum atomic E-state index is -0.936. The molecule has 1 atom stereocenters. The van der Waals surface area contributed by atoms with Gasteiger partial charge in [0.05, 0.1) is 11.0 Å². The van der Waals surface area contributed by atoms with Gasteiger partial charge in [-0.05, 0) is 0 Å². The molecule has 10 heavy (non-hydrogen) atoms. The third-order valence-electron chi connectivity index (χ3n) is 0.651. The maximum atomic E-state index is 10.4. The van der Waals surface area contributed by atoms with E-state index in [0.29, 0.717) is 0 Å². The van der Waals surface area contributed by atoms with E-state index >= 15 is 0 Å². The Hall–Kier alpha value is -0.160. The fraction of sp³-hybridized carbons (Fsp3) is 0.600. The Morgan fingerprint density at radius 2 is 2.20 bits per heavy atom. The van der Waals surface area contributed by atoms with Crippen molar-refractivity contribution in [2.24, 2.45) is 0 Å². The number of carboxylic acid groups (broad SMARTS) is 1. The number of rotatable bonds is 3. The quantitative estimate of drug-likeness (QED) is 0.502. The molecule has 0 fully saturated rings. The Balaban J connectivity index is 3.53. The lowest BCUT2D eigenvalue weighted by molar-refractivity contribution is -0.136. The number of hydrogen-bond donors (Lipinski definition) is 2. The summed E-state index contributed by atoms with van der Waals surface area (Å²) in [5.74, 6) is -0.936. The number of thioether (sulfide) groups is 1. The van der Waals surface area contributed by atoms with E-state index in [1.165, 1.54) is 6.92 Å². The van der Waals surface area contributed by atoms with Crippen molar-refractivity contribution in [1.82, 2.24) is 0 Å².